The molecule has 0 aromatic rings. The average Bonchev–Trinajstić information content (AvgIpc) is 1.12. The van der Waals surface area contributed by atoms with Crippen LogP contribution in [-0.2, 0) is 9.13 Å². The molecule has 0 atom stereocenters. The van der Waals surface area contributed by atoms with Gasteiger partial charge in [0.2, 0.25) is 0 Å². The molecule has 0 aliphatic heterocycles. The van der Waals surface area contributed by atoms with Crippen LogP contribution in [-0.4, -0.2) is 143 Å². The summed E-state index contributed by atoms with van der Waals surface area (Å²) in [5.74, 6) is 0. The van der Waals surface area contributed by atoms with Crippen molar-refractivity contribution < 1.29 is 38.5 Å². The molecule has 0 rings (SSSR count). The Morgan fingerprint density at radius 3 is 0.538 bits per heavy atom. The Bertz CT molecular complexity index is 130. The molecule has 0 bridgehead atoms. The van der Waals surface area contributed by atoms with Gasteiger partial charge in [-0.05, 0) is 0 Å². The number of hydrogen-bond acceptors (Lipinski definition) is 2. The summed E-state index contributed by atoms with van der Waals surface area (Å²) < 4.78 is 17.8. The third-order valence-corrected chi connectivity index (χ3v) is 0. The van der Waals surface area contributed by atoms with E-state index in [9.17, 15) is 0 Å². The van der Waals surface area contributed by atoms with E-state index in [-0.39, 0.29) is 113 Å². The van der Waals surface area contributed by atoms with Gasteiger partial charge in [-0.2, -0.15) is 0 Å². The first-order chi connectivity index (χ1) is 4.00. The molecule has 0 saturated heterocycles. The molecule has 0 aromatic heterocycles. The normalized spacial score (nSPS) is 9.08. The molecule has 0 fully saturated rings. The van der Waals surface area contributed by atoms with Crippen molar-refractivity contribution in [2.45, 2.75) is 0 Å². The van der Waals surface area contributed by atoms with E-state index in [1.54, 1.807) is 0 Å². The van der Waals surface area contributed by atoms with Gasteiger partial charge in [-0.25, -0.2) is 9.13 Å². The summed E-state index contributed by atoms with van der Waals surface area (Å²) in [6.07, 6.45) is 0. The van der Waals surface area contributed by atoms with Crippen LogP contribution in [0.5, 0.6) is 0 Å². The molecule has 8 nitrogen and oxygen atoms in total. The molecule has 0 spiro atoms. The van der Waals surface area contributed by atoms with Gasteiger partial charge in [0.15, 0.2) is 0 Å². The van der Waals surface area contributed by atoms with Crippen molar-refractivity contribution >= 4 is 129 Å². The zero-order valence-electron chi connectivity index (χ0n) is 4.39. The molecular weight excluding hydrogens is 310 g/mol. The van der Waals surface area contributed by atoms with E-state index in [0.717, 1.165) is 0 Å². The summed E-state index contributed by atoms with van der Waals surface area (Å²) in [5.41, 5.74) is 0. The summed E-state index contributed by atoms with van der Waals surface area (Å²) >= 11 is 0. The van der Waals surface area contributed by atoms with Crippen LogP contribution < -0.4 is 0 Å². The van der Waals surface area contributed by atoms with Gasteiger partial charge < -0.3 is 29.4 Å². The van der Waals surface area contributed by atoms with Gasteiger partial charge in [0.05, 0.1) is 0 Å². The van der Waals surface area contributed by atoms with Crippen molar-refractivity contribution in [2.24, 2.45) is 0 Å². The zero-order valence-corrected chi connectivity index (χ0v) is 6.18. The van der Waals surface area contributed by atoms with Gasteiger partial charge >= 0.3 is 129 Å². The van der Waals surface area contributed by atoms with Crippen molar-refractivity contribution in [2.75, 3.05) is 0 Å². The molecule has 13 heteroatoms. The first-order valence-corrected chi connectivity index (χ1v) is 4.70. The van der Waals surface area contributed by atoms with E-state index in [0.29, 0.717) is 0 Å². The molecule has 0 aliphatic rings. The van der Waals surface area contributed by atoms with Crippen LogP contribution in [0.4, 0.5) is 0 Å². The van der Waals surface area contributed by atoms with Crippen molar-refractivity contribution in [1.29, 1.82) is 0 Å². The van der Waals surface area contributed by atoms with Crippen LogP contribution in [0.3, 0.4) is 0 Å². The Morgan fingerprint density at radius 2 is 0.538 bits per heavy atom. The predicted octanol–water partition coefficient (Wildman–Crippen LogP) is -4.61. The van der Waals surface area contributed by atoms with Crippen molar-refractivity contribution in [3.8, 4) is 0 Å². The summed E-state index contributed by atoms with van der Waals surface area (Å²) in [6.45, 7) is 0. The van der Waals surface area contributed by atoms with E-state index < -0.39 is 15.6 Å². The van der Waals surface area contributed by atoms with Gasteiger partial charge in [0.1, 0.15) is 0 Å². The number of rotatable bonds is 0. The molecule has 13 heavy (non-hydrogen) atoms. The average molecular weight is 322 g/mol. The molecule has 0 unspecified atom stereocenters. The van der Waals surface area contributed by atoms with Crippen molar-refractivity contribution in [3.05, 3.63) is 0 Å². The quantitative estimate of drug-likeness (QED) is 0.192. The molecule has 0 aliphatic carbocycles. The number of phosphoric acid groups is 2. The zero-order chi connectivity index (χ0) is 9.00. The summed E-state index contributed by atoms with van der Waals surface area (Å²) in [5, 5.41) is 0. The van der Waals surface area contributed by atoms with E-state index in [2.05, 4.69) is 0 Å². The van der Waals surface area contributed by atoms with Gasteiger partial charge in [-0.15, -0.1) is 0 Å². The second kappa shape index (κ2) is 14.1. The van der Waals surface area contributed by atoms with Crippen LogP contribution in [0.15, 0.2) is 0 Å². The first kappa shape index (κ1) is 30.2. The van der Waals surface area contributed by atoms with Crippen molar-refractivity contribution in [3.63, 3.8) is 0 Å². The minimum atomic E-state index is -4.64. The fraction of sp³-hybridized carbons (Fsp3) is 0. The monoisotopic (exact) mass is 322 g/mol. The molecular formula is H12Ca3O8P2. The molecule has 76 valence electrons. The van der Waals surface area contributed by atoms with Crippen molar-refractivity contribution in [1.82, 2.24) is 0 Å². The molecule has 0 saturated carbocycles. The van der Waals surface area contributed by atoms with Gasteiger partial charge in [0, 0.05) is 0 Å². The maximum atomic E-state index is 8.88. The molecule has 0 heterocycles. The SMILES string of the molecule is O=P(O)(O)O.O=P(O)(O)O.[CaH2].[CaH2].[CaH2]. The summed E-state index contributed by atoms with van der Waals surface area (Å²) in [4.78, 5) is 43.1. The van der Waals surface area contributed by atoms with Gasteiger partial charge in [-0.3, -0.25) is 0 Å². The molecule has 0 amide bonds. The Kier molecular flexibility index (Phi) is 32.7. The molecule has 6 N–H and O–H groups in total. The second-order valence-electron chi connectivity index (χ2n) is 1.03. The topological polar surface area (TPSA) is 156 Å². The Balaban J connectivity index is -0.0000000267. The second-order valence-corrected chi connectivity index (χ2v) is 3.08. The maximum absolute atomic E-state index is 8.88. The third-order valence-electron chi connectivity index (χ3n) is 0. The van der Waals surface area contributed by atoms with Crippen LogP contribution in [0, 0.1) is 0 Å². The summed E-state index contributed by atoms with van der Waals surface area (Å²) in [6, 6.07) is 0. The fourth-order valence-corrected chi connectivity index (χ4v) is 0. The Labute approximate surface area is 164 Å². The summed E-state index contributed by atoms with van der Waals surface area (Å²) in [7, 11) is -9.28. The predicted molar refractivity (Wildman–Crippen MR) is 54.2 cm³/mol. The van der Waals surface area contributed by atoms with Gasteiger partial charge in [0.25, 0.3) is 0 Å². The van der Waals surface area contributed by atoms with Gasteiger partial charge in [-0.1, -0.05) is 0 Å². The van der Waals surface area contributed by atoms with Crippen LogP contribution >= 0.6 is 15.6 Å². The van der Waals surface area contributed by atoms with Crippen LogP contribution in [0.25, 0.3) is 0 Å². The van der Waals surface area contributed by atoms with E-state index in [1.807, 2.05) is 0 Å². The number of hydrogen-bond donors (Lipinski definition) is 6. The molecule has 0 radical (unpaired) electrons. The van der Waals surface area contributed by atoms with E-state index in [1.165, 1.54) is 0 Å². The van der Waals surface area contributed by atoms with E-state index >= 15 is 0 Å². The first-order valence-electron chi connectivity index (χ1n) is 1.57. The Hall–Kier alpha value is 4.00. The Morgan fingerprint density at radius 1 is 0.538 bits per heavy atom. The molecule has 0 aromatic carbocycles. The van der Waals surface area contributed by atoms with E-state index in [4.69, 9.17) is 38.5 Å². The fourth-order valence-electron chi connectivity index (χ4n) is 0. The van der Waals surface area contributed by atoms with Crippen LogP contribution in [0.2, 0.25) is 0 Å². The minimum absolute atomic E-state index is 0. The van der Waals surface area contributed by atoms with Crippen LogP contribution in [0.1, 0.15) is 0 Å². The standard InChI is InChI=1S/3Ca.2H3O4P.6H/c;;;2*1-5(2,3)4;;;;;;/h;;;2*(H3,1,2,3,4);;;;;;. The third kappa shape index (κ3) is 196.